The van der Waals surface area contributed by atoms with Crippen LogP contribution in [0.25, 0.3) is 22.0 Å². The van der Waals surface area contributed by atoms with Crippen molar-refractivity contribution in [2.45, 2.75) is 6.54 Å². The molecule has 1 aliphatic rings. The molecule has 2 N–H and O–H groups in total. The minimum Gasteiger partial charge on any atom is -0.494 e. The molecule has 270 valence electrons. The first-order chi connectivity index (χ1) is 25.1. The van der Waals surface area contributed by atoms with E-state index in [0.29, 0.717) is 47.7 Å². The van der Waals surface area contributed by atoms with Gasteiger partial charge in [-0.1, -0.05) is 18.2 Å². The predicted octanol–water partition coefficient (Wildman–Crippen LogP) is 6.04. The van der Waals surface area contributed by atoms with Gasteiger partial charge in [0.05, 0.1) is 50.6 Å². The molecule has 1 fully saturated rings. The number of likely N-dealkylation sites (N-methyl/N-ethyl adjacent to an activating group) is 1. The number of aromatic nitrogens is 2. The van der Waals surface area contributed by atoms with E-state index in [4.69, 9.17) is 14.2 Å². The van der Waals surface area contributed by atoms with Gasteiger partial charge >= 0.3 is 0 Å². The van der Waals surface area contributed by atoms with Crippen LogP contribution in [0.3, 0.4) is 0 Å². The van der Waals surface area contributed by atoms with Crippen LogP contribution in [-0.2, 0) is 16.1 Å². The Hall–Kier alpha value is -5.79. The Balaban J connectivity index is 1.41. The highest BCUT2D eigenvalue weighted by molar-refractivity contribution is 5.99. The molecule has 0 spiro atoms. The fourth-order valence-electron chi connectivity index (χ4n) is 6.01. The van der Waals surface area contributed by atoms with E-state index in [1.807, 2.05) is 43.3 Å². The molecule has 0 saturated carbocycles. The molecule has 13 heteroatoms. The molecule has 5 aromatic rings. The highest BCUT2D eigenvalue weighted by Crippen LogP contribution is 2.37. The van der Waals surface area contributed by atoms with E-state index in [-0.39, 0.29) is 29.5 Å². The molecule has 1 aliphatic heterocycles. The van der Waals surface area contributed by atoms with Gasteiger partial charge in [0, 0.05) is 66.5 Å². The van der Waals surface area contributed by atoms with E-state index >= 15 is 8.78 Å². The molecule has 0 aliphatic carbocycles. The molecule has 3 heterocycles. The number of hydrogen-bond donors (Lipinski definition) is 2. The lowest BCUT2D eigenvalue weighted by Crippen LogP contribution is -2.36. The number of anilines is 4. The molecule has 0 radical (unpaired) electrons. The number of nitrogens with one attached hydrogen (secondary N) is 2. The molecule has 1 amide bonds. The standard InChI is InChI=1S/C39H40F2N6O5/c1-45(2)14-6-9-35(48)44-28-8-5-7-25(19-28)24-47-31-21-34(43-27-10-12-29(13-11-27)46-15-17-52-18-16-46)42-23-26(31)20-30(39(47)49)36-37(40)32(50-3)22-33(51-4)38(36)41/h5-13,19-23H,14-18,24H2,1-4H3,(H,42,43)(H,44,48)/b9-6+. The maximum absolute atomic E-state index is 15.8. The molecule has 6 rings (SSSR count). The molecule has 0 atom stereocenters. The number of ether oxygens (including phenoxy) is 3. The Labute approximate surface area is 300 Å². The number of carbonyl (C=O) groups is 1. The van der Waals surface area contributed by atoms with Crippen LogP contribution in [0.5, 0.6) is 11.5 Å². The minimum absolute atomic E-state index is 0.00535. The lowest BCUT2D eigenvalue weighted by molar-refractivity contribution is -0.111. The van der Waals surface area contributed by atoms with Crippen molar-refractivity contribution in [2.75, 3.05) is 76.7 Å². The summed E-state index contributed by atoms with van der Waals surface area (Å²) < 4.78 is 48.8. The Bertz CT molecular complexity index is 2140. The zero-order valence-electron chi connectivity index (χ0n) is 29.4. The zero-order chi connectivity index (χ0) is 36.8. The number of benzene rings is 3. The maximum atomic E-state index is 15.8. The predicted molar refractivity (Wildman–Crippen MR) is 199 cm³/mol. The van der Waals surface area contributed by atoms with Gasteiger partial charge in [0.25, 0.3) is 5.56 Å². The van der Waals surface area contributed by atoms with Gasteiger partial charge in [0.1, 0.15) is 5.82 Å². The fraction of sp³-hybridized carbons (Fsp3) is 0.256. The third kappa shape index (κ3) is 8.06. The summed E-state index contributed by atoms with van der Waals surface area (Å²) in [7, 11) is 6.30. The Kier molecular flexibility index (Phi) is 11.1. The molecule has 3 aromatic carbocycles. The maximum Gasteiger partial charge on any atom is 0.259 e. The lowest BCUT2D eigenvalue weighted by atomic mass is 10.0. The molecule has 1 saturated heterocycles. The van der Waals surface area contributed by atoms with E-state index in [0.717, 1.165) is 30.5 Å². The second kappa shape index (κ2) is 16.0. The van der Waals surface area contributed by atoms with E-state index in [2.05, 4.69) is 20.5 Å². The number of amides is 1. The molecule has 11 nitrogen and oxygen atoms in total. The fourth-order valence-corrected chi connectivity index (χ4v) is 6.01. The van der Waals surface area contributed by atoms with E-state index in [9.17, 15) is 9.59 Å². The van der Waals surface area contributed by atoms with Crippen LogP contribution in [0.2, 0.25) is 0 Å². The number of morpholine rings is 1. The largest absolute Gasteiger partial charge is 0.494 e. The molecular formula is C39H40F2N6O5. The Morgan fingerprint density at radius 3 is 2.35 bits per heavy atom. The van der Waals surface area contributed by atoms with Gasteiger partial charge in [-0.15, -0.1) is 0 Å². The molecular weight excluding hydrogens is 670 g/mol. The van der Waals surface area contributed by atoms with Crippen LogP contribution in [0, 0.1) is 11.6 Å². The number of rotatable bonds is 12. The summed E-state index contributed by atoms with van der Waals surface area (Å²) >= 11 is 0. The monoisotopic (exact) mass is 710 g/mol. The van der Waals surface area contributed by atoms with Crippen molar-refractivity contribution >= 4 is 39.7 Å². The summed E-state index contributed by atoms with van der Waals surface area (Å²) in [6.45, 7) is 3.61. The van der Waals surface area contributed by atoms with Crippen molar-refractivity contribution < 1.29 is 27.8 Å². The quantitative estimate of drug-likeness (QED) is 0.150. The highest BCUT2D eigenvalue weighted by atomic mass is 19.1. The van der Waals surface area contributed by atoms with E-state index in [1.165, 1.54) is 30.9 Å². The van der Waals surface area contributed by atoms with Gasteiger partial charge in [-0.3, -0.25) is 9.59 Å². The van der Waals surface area contributed by atoms with Gasteiger partial charge in [-0.2, -0.15) is 0 Å². The van der Waals surface area contributed by atoms with Gasteiger partial charge in [-0.25, -0.2) is 13.8 Å². The first-order valence-electron chi connectivity index (χ1n) is 16.7. The summed E-state index contributed by atoms with van der Waals surface area (Å²) in [4.78, 5) is 35.7. The zero-order valence-corrected chi connectivity index (χ0v) is 29.4. The summed E-state index contributed by atoms with van der Waals surface area (Å²) in [5, 5.41) is 6.61. The first-order valence-corrected chi connectivity index (χ1v) is 16.7. The third-order valence-electron chi connectivity index (χ3n) is 8.61. The summed E-state index contributed by atoms with van der Waals surface area (Å²) in [5.74, 6) is -2.48. The number of carbonyl (C=O) groups excluding carboxylic acids is 1. The van der Waals surface area contributed by atoms with Gasteiger partial charge in [0.2, 0.25) is 5.91 Å². The molecule has 2 aromatic heterocycles. The number of halogens is 2. The number of hydrogen-bond acceptors (Lipinski definition) is 9. The smallest absolute Gasteiger partial charge is 0.259 e. The van der Waals surface area contributed by atoms with E-state index in [1.54, 1.807) is 42.6 Å². The number of fused-ring (bicyclic) bond motifs is 1. The second-order valence-corrected chi connectivity index (χ2v) is 12.5. The minimum atomic E-state index is -1.04. The van der Waals surface area contributed by atoms with Crippen molar-refractivity contribution in [1.82, 2.24) is 14.5 Å². The van der Waals surface area contributed by atoms with Crippen LogP contribution in [0.15, 0.2) is 89.9 Å². The normalized spacial score (nSPS) is 13.2. The summed E-state index contributed by atoms with van der Waals surface area (Å²) in [5.41, 5.74) is 2.03. The lowest BCUT2D eigenvalue weighted by Gasteiger charge is -2.28. The second-order valence-electron chi connectivity index (χ2n) is 12.5. The summed E-state index contributed by atoms with van der Waals surface area (Å²) in [6.07, 6.45) is 4.75. The first kappa shape index (κ1) is 36.0. The van der Waals surface area contributed by atoms with Gasteiger partial charge < -0.3 is 39.2 Å². The summed E-state index contributed by atoms with van der Waals surface area (Å²) in [6, 6.07) is 19.2. The van der Waals surface area contributed by atoms with Crippen molar-refractivity contribution in [3.05, 3.63) is 113 Å². The molecule has 52 heavy (non-hydrogen) atoms. The van der Waals surface area contributed by atoms with Gasteiger partial charge in [-0.05, 0) is 62.1 Å². The van der Waals surface area contributed by atoms with E-state index < -0.39 is 22.8 Å². The van der Waals surface area contributed by atoms with Crippen LogP contribution in [-0.4, -0.2) is 81.5 Å². The number of nitrogens with zero attached hydrogens (tertiary/aromatic N) is 4. The Morgan fingerprint density at radius 2 is 1.67 bits per heavy atom. The molecule has 0 unspecified atom stereocenters. The van der Waals surface area contributed by atoms with Crippen LogP contribution >= 0.6 is 0 Å². The SMILES string of the molecule is COc1cc(OC)c(F)c(-c2cc3cnc(Nc4ccc(N5CCOCC5)cc4)cc3n(Cc3cccc(NC(=O)/C=C/CN(C)C)c3)c2=O)c1F. The molecule has 0 bridgehead atoms. The van der Waals surface area contributed by atoms with Crippen LogP contribution < -0.4 is 30.6 Å². The van der Waals surface area contributed by atoms with Gasteiger partial charge in [0.15, 0.2) is 23.1 Å². The third-order valence-corrected chi connectivity index (χ3v) is 8.61. The average Bonchev–Trinajstić information content (AvgIpc) is 3.14. The van der Waals surface area contributed by atoms with Crippen LogP contribution in [0.4, 0.5) is 31.7 Å². The topological polar surface area (TPSA) is 110 Å². The van der Waals surface area contributed by atoms with Crippen molar-refractivity contribution in [3.63, 3.8) is 0 Å². The number of pyridine rings is 2. The Morgan fingerprint density at radius 1 is 0.962 bits per heavy atom. The van der Waals surface area contributed by atoms with Crippen molar-refractivity contribution in [2.24, 2.45) is 0 Å². The average molecular weight is 711 g/mol. The highest BCUT2D eigenvalue weighted by Gasteiger charge is 2.25. The van der Waals surface area contributed by atoms with Crippen molar-refractivity contribution in [3.8, 4) is 22.6 Å². The van der Waals surface area contributed by atoms with Crippen LogP contribution in [0.1, 0.15) is 5.56 Å². The number of methoxy groups -OCH3 is 2. The van der Waals surface area contributed by atoms with Crippen molar-refractivity contribution in [1.29, 1.82) is 0 Å².